The first-order valence-electron chi connectivity index (χ1n) is 5.43. The predicted molar refractivity (Wildman–Crippen MR) is 78.0 cm³/mol. The first-order chi connectivity index (χ1) is 8.13. The monoisotopic (exact) mass is 316 g/mol. The van der Waals surface area contributed by atoms with E-state index < -0.39 is 0 Å². The van der Waals surface area contributed by atoms with Crippen LogP contribution in [0, 0.1) is 6.92 Å². The second-order valence-electron chi connectivity index (χ2n) is 3.44. The Bertz CT molecular complexity index is 438. The maximum Gasteiger partial charge on any atom is 0.0644 e. The van der Waals surface area contributed by atoms with Gasteiger partial charge in [-0.2, -0.15) is 5.10 Å². The number of hydrogen-bond donors (Lipinski definition) is 1. The number of nitrogens with zero attached hydrogens (tertiary/aromatic N) is 2. The second-order valence-corrected chi connectivity index (χ2v) is 5.90. The van der Waals surface area contributed by atoms with Crippen LogP contribution in [0.2, 0.25) is 0 Å². The SMILES string of the molecule is C/C=C(\S/C(Br)=C\C)c1cnn(CCO)c1C. The standard InChI is InChI=1S/C12H17BrN2OS/c1-4-11(17-12(13)5-2)10-8-14-15(6-7-16)9(10)3/h4-5,8,16H,6-7H2,1-3H3/b11-4-,12-5-. The lowest BCUT2D eigenvalue weighted by Gasteiger charge is -2.06. The van der Waals surface area contributed by atoms with Crippen molar-refractivity contribution >= 4 is 32.6 Å². The molecular formula is C12H17BrN2OS. The van der Waals surface area contributed by atoms with Crippen LogP contribution in [0.3, 0.4) is 0 Å². The molecule has 0 atom stereocenters. The van der Waals surface area contributed by atoms with Crippen LogP contribution in [0.1, 0.15) is 25.1 Å². The van der Waals surface area contributed by atoms with Crippen LogP contribution in [-0.2, 0) is 6.54 Å². The molecule has 0 radical (unpaired) electrons. The van der Waals surface area contributed by atoms with E-state index in [0.717, 1.165) is 20.0 Å². The Kier molecular flexibility index (Phi) is 6.02. The fraction of sp³-hybridized carbons (Fsp3) is 0.417. The topological polar surface area (TPSA) is 38.0 Å². The number of halogens is 1. The lowest BCUT2D eigenvalue weighted by molar-refractivity contribution is 0.268. The molecule has 5 heteroatoms. The summed E-state index contributed by atoms with van der Waals surface area (Å²) >= 11 is 5.16. The predicted octanol–water partition coefficient (Wildman–Crippen LogP) is 3.53. The average molecular weight is 317 g/mol. The zero-order valence-corrected chi connectivity index (χ0v) is 12.7. The molecule has 0 unspecified atom stereocenters. The molecule has 0 aliphatic heterocycles. The Morgan fingerprint density at radius 1 is 1.53 bits per heavy atom. The van der Waals surface area contributed by atoms with Gasteiger partial charge in [0.15, 0.2) is 0 Å². The van der Waals surface area contributed by atoms with Gasteiger partial charge in [-0.05, 0) is 36.7 Å². The molecule has 17 heavy (non-hydrogen) atoms. The van der Waals surface area contributed by atoms with Gasteiger partial charge < -0.3 is 5.11 Å². The van der Waals surface area contributed by atoms with Crippen molar-refractivity contribution in [3.63, 3.8) is 0 Å². The van der Waals surface area contributed by atoms with Gasteiger partial charge >= 0.3 is 0 Å². The molecule has 1 heterocycles. The van der Waals surface area contributed by atoms with Crippen molar-refractivity contribution < 1.29 is 5.11 Å². The van der Waals surface area contributed by atoms with Crippen molar-refractivity contribution in [2.24, 2.45) is 0 Å². The minimum Gasteiger partial charge on any atom is -0.394 e. The molecule has 94 valence electrons. The zero-order chi connectivity index (χ0) is 12.8. The van der Waals surface area contributed by atoms with Crippen LogP contribution in [0.4, 0.5) is 0 Å². The number of aromatic nitrogens is 2. The summed E-state index contributed by atoms with van der Waals surface area (Å²) in [6, 6.07) is 0. The smallest absolute Gasteiger partial charge is 0.0644 e. The van der Waals surface area contributed by atoms with Crippen LogP contribution < -0.4 is 0 Å². The van der Waals surface area contributed by atoms with E-state index in [4.69, 9.17) is 5.11 Å². The van der Waals surface area contributed by atoms with Gasteiger partial charge in [-0.25, -0.2) is 0 Å². The Morgan fingerprint density at radius 3 is 2.76 bits per heavy atom. The molecule has 0 fully saturated rings. The molecular weight excluding hydrogens is 300 g/mol. The van der Waals surface area contributed by atoms with Crippen LogP contribution >= 0.6 is 27.7 Å². The Balaban J connectivity index is 2.98. The highest BCUT2D eigenvalue weighted by Crippen LogP contribution is 2.37. The molecule has 1 N–H and O–H groups in total. The maximum absolute atomic E-state index is 8.94. The normalized spacial score (nSPS) is 13.2. The molecule has 0 aliphatic rings. The van der Waals surface area contributed by atoms with Gasteiger partial charge in [0.2, 0.25) is 0 Å². The fourth-order valence-electron chi connectivity index (χ4n) is 1.44. The molecule has 0 aliphatic carbocycles. The van der Waals surface area contributed by atoms with E-state index in [1.807, 2.05) is 37.7 Å². The third kappa shape index (κ3) is 3.72. The Morgan fingerprint density at radius 2 is 2.24 bits per heavy atom. The summed E-state index contributed by atoms with van der Waals surface area (Å²) < 4.78 is 2.91. The number of rotatable bonds is 5. The molecule has 0 bridgehead atoms. The van der Waals surface area contributed by atoms with E-state index >= 15 is 0 Å². The van der Waals surface area contributed by atoms with Crippen molar-refractivity contribution in [3.05, 3.63) is 33.4 Å². The molecule has 0 spiro atoms. The van der Waals surface area contributed by atoms with Crippen LogP contribution in [0.15, 0.2) is 22.2 Å². The lowest BCUT2D eigenvalue weighted by atomic mass is 10.2. The Hall–Kier alpha value is -0.520. The average Bonchev–Trinajstić information content (AvgIpc) is 2.68. The van der Waals surface area contributed by atoms with Crippen LogP contribution in [0.5, 0.6) is 0 Å². The first kappa shape index (κ1) is 14.5. The van der Waals surface area contributed by atoms with E-state index in [-0.39, 0.29) is 6.61 Å². The van der Waals surface area contributed by atoms with E-state index in [0.29, 0.717) is 6.54 Å². The highest BCUT2D eigenvalue weighted by Gasteiger charge is 2.11. The first-order valence-corrected chi connectivity index (χ1v) is 7.04. The molecule has 0 aromatic carbocycles. The van der Waals surface area contributed by atoms with Crippen molar-refractivity contribution in [1.82, 2.24) is 9.78 Å². The summed E-state index contributed by atoms with van der Waals surface area (Å²) in [5.74, 6) is 0. The second kappa shape index (κ2) is 7.03. The van der Waals surface area contributed by atoms with Crippen LogP contribution in [-0.4, -0.2) is 21.5 Å². The third-order valence-corrected chi connectivity index (χ3v) is 4.43. The van der Waals surface area contributed by atoms with Crippen molar-refractivity contribution in [1.29, 1.82) is 0 Å². The van der Waals surface area contributed by atoms with E-state index in [1.165, 1.54) is 0 Å². The van der Waals surface area contributed by atoms with Gasteiger partial charge in [0.05, 0.1) is 23.2 Å². The van der Waals surface area contributed by atoms with E-state index in [1.54, 1.807) is 11.8 Å². The largest absolute Gasteiger partial charge is 0.394 e. The molecule has 0 saturated carbocycles. The maximum atomic E-state index is 8.94. The quantitative estimate of drug-likeness (QED) is 0.903. The molecule has 1 aromatic rings. The summed E-state index contributed by atoms with van der Waals surface area (Å²) in [5.41, 5.74) is 2.20. The molecule has 0 saturated heterocycles. The van der Waals surface area contributed by atoms with Gasteiger partial charge in [0, 0.05) is 16.2 Å². The molecule has 1 aromatic heterocycles. The van der Waals surface area contributed by atoms with Gasteiger partial charge in [-0.1, -0.05) is 23.9 Å². The number of allylic oxidation sites excluding steroid dienone is 2. The number of aliphatic hydroxyl groups is 1. The van der Waals surface area contributed by atoms with Gasteiger partial charge in [-0.15, -0.1) is 0 Å². The van der Waals surface area contributed by atoms with Gasteiger partial charge in [0.1, 0.15) is 0 Å². The molecule has 0 amide bonds. The minimum atomic E-state index is 0.110. The molecule has 1 rings (SSSR count). The Labute approximate surface area is 115 Å². The summed E-state index contributed by atoms with van der Waals surface area (Å²) in [5, 5.41) is 13.2. The van der Waals surface area contributed by atoms with Crippen molar-refractivity contribution in [3.8, 4) is 0 Å². The zero-order valence-electron chi connectivity index (χ0n) is 10.3. The lowest BCUT2D eigenvalue weighted by Crippen LogP contribution is -2.05. The summed E-state index contributed by atoms with van der Waals surface area (Å²) in [7, 11) is 0. The molecule has 3 nitrogen and oxygen atoms in total. The highest BCUT2D eigenvalue weighted by atomic mass is 79.9. The third-order valence-electron chi connectivity index (χ3n) is 2.38. The van der Waals surface area contributed by atoms with Crippen molar-refractivity contribution in [2.75, 3.05) is 6.61 Å². The summed E-state index contributed by atoms with van der Waals surface area (Å²) in [6.45, 7) is 6.68. The van der Waals surface area contributed by atoms with Gasteiger partial charge in [0.25, 0.3) is 0 Å². The number of aliphatic hydroxyl groups excluding tert-OH is 1. The highest BCUT2D eigenvalue weighted by molar-refractivity contribution is 9.14. The fourth-order valence-corrected chi connectivity index (χ4v) is 2.72. The van der Waals surface area contributed by atoms with Gasteiger partial charge in [-0.3, -0.25) is 4.68 Å². The van der Waals surface area contributed by atoms with E-state index in [2.05, 4.69) is 27.1 Å². The van der Waals surface area contributed by atoms with E-state index in [9.17, 15) is 0 Å². The summed E-state index contributed by atoms with van der Waals surface area (Å²) in [6.07, 6.45) is 5.94. The number of thioether (sulfide) groups is 1. The van der Waals surface area contributed by atoms with Crippen LogP contribution in [0.25, 0.3) is 4.91 Å². The van der Waals surface area contributed by atoms with Crippen molar-refractivity contribution in [2.45, 2.75) is 27.3 Å². The number of hydrogen-bond acceptors (Lipinski definition) is 3. The summed E-state index contributed by atoms with van der Waals surface area (Å²) in [4.78, 5) is 1.16. The minimum absolute atomic E-state index is 0.110.